The minimum atomic E-state index is 0.0739. The number of carbonyl (C=O) groups is 1. The summed E-state index contributed by atoms with van der Waals surface area (Å²) in [5.74, 6) is 0.896. The molecule has 0 saturated carbocycles. The Bertz CT molecular complexity index is 914. The van der Waals surface area contributed by atoms with E-state index in [4.69, 9.17) is 9.15 Å². The molecular formula is C22H23NO3. The molecular weight excluding hydrogens is 326 g/mol. The van der Waals surface area contributed by atoms with Gasteiger partial charge < -0.3 is 14.1 Å². The summed E-state index contributed by atoms with van der Waals surface area (Å²) in [5.41, 5.74) is 4.65. The van der Waals surface area contributed by atoms with Crippen molar-refractivity contribution in [3.8, 4) is 5.75 Å². The largest absolute Gasteiger partial charge is 0.492 e. The lowest BCUT2D eigenvalue weighted by Crippen LogP contribution is -2.32. The van der Waals surface area contributed by atoms with Crippen LogP contribution in [0.5, 0.6) is 5.75 Å². The Morgan fingerprint density at radius 2 is 1.92 bits per heavy atom. The van der Waals surface area contributed by atoms with E-state index in [1.165, 1.54) is 17.5 Å². The summed E-state index contributed by atoms with van der Waals surface area (Å²) in [4.78, 5) is 14.3. The van der Waals surface area contributed by atoms with Crippen molar-refractivity contribution >= 4 is 16.9 Å². The Hall–Kier alpha value is -2.75. The van der Waals surface area contributed by atoms with Crippen molar-refractivity contribution in [3.63, 3.8) is 0 Å². The number of furan rings is 1. The zero-order valence-corrected chi connectivity index (χ0v) is 15.0. The molecule has 0 atom stereocenters. The van der Waals surface area contributed by atoms with Gasteiger partial charge in [-0.2, -0.15) is 0 Å². The third kappa shape index (κ3) is 3.45. The zero-order valence-electron chi connectivity index (χ0n) is 15.0. The first-order valence-corrected chi connectivity index (χ1v) is 9.14. The van der Waals surface area contributed by atoms with Crippen LogP contribution in [0.2, 0.25) is 0 Å². The molecule has 0 radical (unpaired) electrons. The highest BCUT2D eigenvalue weighted by molar-refractivity contribution is 5.88. The Morgan fingerprint density at radius 1 is 1.15 bits per heavy atom. The molecule has 3 aromatic rings. The summed E-state index contributed by atoms with van der Waals surface area (Å²) in [7, 11) is 1.82. The molecule has 0 saturated heterocycles. The predicted molar refractivity (Wildman–Crippen MR) is 102 cm³/mol. The van der Waals surface area contributed by atoms with E-state index in [0.29, 0.717) is 19.6 Å². The maximum Gasteiger partial charge on any atom is 0.226 e. The molecule has 4 heteroatoms. The molecule has 1 heterocycles. The van der Waals surface area contributed by atoms with Crippen LogP contribution in [0.15, 0.2) is 53.1 Å². The number of amides is 1. The number of likely N-dealkylation sites (N-methyl/N-ethyl adjacent to an activating group) is 1. The van der Waals surface area contributed by atoms with Crippen LogP contribution >= 0.6 is 0 Å². The molecule has 0 unspecified atom stereocenters. The topological polar surface area (TPSA) is 42.7 Å². The van der Waals surface area contributed by atoms with Crippen LogP contribution < -0.4 is 4.74 Å². The summed E-state index contributed by atoms with van der Waals surface area (Å²) >= 11 is 0. The molecule has 4 rings (SSSR count). The van der Waals surface area contributed by atoms with Crippen LogP contribution in [0.1, 0.15) is 23.1 Å². The van der Waals surface area contributed by atoms with Gasteiger partial charge in [0.15, 0.2) is 0 Å². The van der Waals surface area contributed by atoms with Gasteiger partial charge in [-0.15, -0.1) is 0 Å². The molecule has 0 bridgehead atoms. The molecule has 0 aliphatic heterocycles. The van der Waals surface area contributed by atoms with E-state index in [2.05, 4.69) is 12.1 Å². The summed E-state index contributed by atoms with van der Waals surface area (Å²) in [5, 5.41) is 1.08. The lowest BCUT2D eigenvalue weighted by molar-refractivity contribution is -0.129. The van der Waals surface area contributed by atoms with Crippen LogP contribution in [0, 0.1) is 0 Å². The highest BCUT2D eigenvalue weighted by Gasteiger charge is 2.18. The van der Waals surface area contributed by atoms with Crippen molar-refractivity contribution in [1.29, 1.82) is 0 Å². The van der Waals surface area contributed by atoms with Crippen molar-refractivity contribution < 1.29 is 13.9 Å². The maximum absolute atomic E-state index is 12.6. The summed E-state index contributed by atoms with van der Waals surface area (Å²) < 4.78 is 11.4. The maximum atomic E-state index is 12.6. The average Bonchev–Trinajstić information content (AvgIpc) is 3.27. The van der Waals surface area contributed by atoms with Gasteiger partial charge in [-0.3, -0.25) is 4.79 Å². The van der Waals surface area contributed by atoms with Gasteiger partial charge in [0.05, 0.1) is 19.2 Å². The quantitative estimate of drug-likeness (QED) is 0.675. The molecule has 4 nitrogen and oxygen atoms in total. The van der Waals surface area contributed by atoms with Crippen molar-refractivity contribution in [3.05, 3.63) is 65.4 Å². The van der Waals surface area contributed by atoms with Gasteiger partial charge in [-0.05, 0) is 54.7 Å². The van der Waals surface area contributed by atoms with Gasteiger partial charge in [0.25, 0.3) is 0 Å². The van der Waals surface area contributed by atoms with E-state index in [9.17, 15) is 4.79 Å². The SMILES string of the molecule is CN(CCOc1ccccc1)C(=O)Cc1coc2cc3c(cc12)CCC3. The molecule has 0 spiro atoms. The number of hydrogen-bond donors (Lipinski definition) is 0. The second-order valence-corrected chi connectivity index (χ2v) is 6.89. The van der Waals surface area contributed by atoms with Crippen LogP contribution in [0.3, 0.4) is 0 Å². The van der Waals surface area contributed by atoms with Crippen LogP contribution in [0.25, 0.3) is 11.0 Å². The first kappa shape index (κ1) is 16.7. The Morgan fingerprint density at radius 3 is 2.73 bits per heavy atom. The summed E-state index contributed by atoms with van der Waals surface area (Å²) in [6, 6.07) is 14.0. The number of rotatable bonds is 6. The standard InChI is InChI=1S/C22H23NO3/c1-23(10-11-25-19-8-3-2-4-9-19)22(24)14-18-15-26-21-13-17-7-5-6-16(17)12-20(18)21/h2-4,8-9,12-13,15H,5-7,10-11,14H2,1H3. The van der Waals surface area contributed by atoms with Gasteiger partial charge >= 0.3 is 0 Å². The zero-order chi connectivity index (χ0) is 17.9. The lowest BCUT2D eigenvalue weighted by atomic mass is 10.0. The Balaban J connectivity index is 1.37. The number of aryl methyl sites for hydroxylation is 2. The van der Waals surface area contributed by atoms with Gasteiger partial charge in [0.2, 0.25) is 5.91 Å². The Labute approximate surface area is 153 Å². The third-order valence-corrected chi connectivity index (χ3v) is 5.07. The van der Waals surface area contributed by atoms with Crippen molar-refractivity contribution in [2.45, 2.75) is 25.7 Å². The molecule has 26 heavy (non-hydrogen) atoms. The molecule has 2 aromatic carbocycles. The van der Waals surface area contributed by atoms with Gasteiger partial charge in [0, 0.05) is 18.0 Å². The van der Waals surface area contributed by atoms with Gasteiger partial charge in [0.1, 0.15) is 17.9 Å². The number of para-hydroxylation sites is 1. The predicted octanol–water partition coefficient (Wildman–Crippen LogP) is 4.00. The van der Waals surface area contributed by atoms with E-state index in [-0.39, 0.29) is 5.91 Å². The van der Waals surface area contributed by atoms with Crippen molar-refractivity contribution in [2.75, 3.05) is 20.2 Å². The fourth-order valence-electron chi connectivity index (χ4n) is 3.52. The number of nitrogens with zero attached hydrogens (tertiary/aromatic N) is 1. The average molecular weight is 349 g/mol. The minimum Gasteiger partial charge on any atom is -0.492 e. The van der Waals surface area contributed by atoms with E-state index >= 15 is 0 Å². The number of hydrogen-bond acceptors (Lipinski definition) is 3. The number of ether oxygens (including phenoxy) is 1. The summed E-state index contributed by atoms with van der Waals surface area (Å²) in [6.07, 6.45) is 5.55. The van der Waals surface area contributed by atoms with Crippen LogP contribution in [-0.2, 0) is 24.1 Å². The fraction of sp³-hybridized carbons (Fsp3) is 0.318. The first-order chi connectivity index (χ1) is 12.7. The second kappa shape index (κ2) is 7.24. The molecule has 1 aliphatic rings. The van der Waals surface area contributed by atoms with E-state index in [1.807, 2.05) is 37.4 Å². The van der Waals surface area contributed by atoms with Gasteiger partial charge in [-0.1, -0.05) is 18.2 Å². The molecule has 0 N–H and O–H groups in total. The highest BCUT2D eigenvalue weighted by Crippen LogP contribution is 2.30. The first-order valence-electron chi connectivity index (χ1n) is 9.14. The third-order valence-electron chi connectivity index (χ3n) is 5.07. The van der Waals surface area contributed by atoms with Crippen molar-refractivity contribution in [2.24, 2.45) is 0 Å². The normalized spacial score (nSPS) is 13.0. The molecule has 1 aliphatic carbocycles. The summed E-state index contributed by atoms with van der Waals surface area (Å²) in [6.45, 7) is 1.03. The smallest absolute Gasteiger partial charge is 0.226 e. The van der Waals surface area contributed by atoms with E-state index < -0.39 is 0 Å². The van der Waals surface area contributed by atoms with E-state index in [1.54, 1.807) is 11.2 Å². The second-order valence-electron chi connectivity index (χ2n) is 6.89. The van der Waals surface area contributed by atoms with E-state index in [0.717, 1.165) is 35.1 Å². The monoisotopic (exact) mass is 349 g/mol. The van der Waals surface area contributed by atoms with Gasteiger partial charge in [-0.25, -0.2) is 0 Å². The molecule has 1 aromatic heterocycles. The number of fused-ring (bicyclic) bond motifs is 2. The Kier molecular flexibility index (Phi) is 4.65. The highest BCUT2D eigenvalue weighted by atomic mass is 16.5. The molecule has 0 fully saturated rings. The van der Waals surface area contributed by atoms with Crippen LogP contribution in [-0.4, -0.2) is 31.0 Å². The van der Waals surface area contributed by atoms with Crippen LogP contribution in [0.4, 0.5) is 0 Å². The number of benzene rings is 2. The number of carbonyl (C=O) groups excluding carboxylic acids is 1. The minimum absolute atomic E-state index is 0.0739. The molecule has 1 amide bonds. The molecule has 134 valence electrons. The lowest BCUT2D eigenvalue weighted by Gasteiger charge is -2.17. The fourth-order valence-corrected chi connectivity index (χ4v) is 3.52. The van der Waals surface area contributed by atoms with Crippen molar-refractivity contribution in [1.82, 2.24) is 4.90 Å².